The maximum Gasteiger partial charge on any atom is 0.275 e. The lowest BCUT2D eigenvalue weighted by molar-refractivity contribution is -0.0118. The van der Waals surface area contributed by atoms with Gasteiger partial charge in [-0.3, -0.25) is 4.99 Å². The maximum atomic E-state index is 14.2. The maximum absolute atomic E-state index is 14.2. The van der Waals surface area contributed by atoms with Gasteiger partial charge in [0.05, 0.1) is 19.3 Å². The van der Waals surface area contributed by atoms with Crippen molar-refractivity contribution in [1.29, 1.82) is 0 Å². The number of benzene rings is 2. The molecule has 0 aromatic heterocycles. The summed E-state index contributed by atoms with van der Waals surface area (Å²) in [6, 6.07) is 7.04. The number of alkyl halides is 2. The normalized spacial score (nSPS) is 13.1. The number of nitrogens with one attached hydrogen (secondary N) is 1. The molecule has 0 aliphatic rings. The molecule has 0 heterocycles. The van der Waals surface area contributed by atoms with Crippen molar-refractivity contribution in [2.75, 3.05) is 34.5 Å². The molecule has 0 radical (unpaired) electrons. The van der Waals surface area contributed by atoms with Crippen molar-refractivity contribution >= 4 is 5.84 Å². The van der Waals surface area contributed by atoms with E-state index in [1.807, 2.05) is 19.1 Å². The SMILES string of the molecule is CCC(F)(F)c1cc([C@@H](C)N/C(=N/C)c2cc(OCCOC)c(OC)cc2C)ccc1F. The third-order valence-corrected chi connectivity index (χ3v) is 5.22. The van der Waals surface area contributed by atoms with Crippen LogP contribution in [-0.4, -0.2) is 40.3 Å². The molecule has 0 aliphatic heterocycles. The van der Waals surface area contributed by atoms with Gasteiger partial charge in [0.25, 0.3) is 5.92 Å². The fourth-order valence-electron chi connectivity index (χ4n) is 3.26. The van der Waals surface area contributed by atoms with E-state index >= 15 is 0 Å². The smallest absolute Gasteiger partial charge is 0.275 e. The molecule has 5 nitrogen and oxygen atoms in total. The zero-order chi connectivity index (χ0) is 23.9. The number of hydrogen-bond donors (Lipinski definition) is 1. The molecule has 0 unspecified atom stereocenters. The van der Waals surface area contributed by atoms with Gasteiger partial charge in [-0.2, -0.15) is 0 Å². The molecule has 0 bridgehead atoms. The summed E-state index contributed by atoms with van der Waals surface area (Å²) < 4.78 is 58.6. The Labute approximate surface area is 187 Å². The first-order chi connectivity index (χ1) is 15.2. The van der Waals surface area contributed by atoms with Gasteiger partial charge in [-0.15, -0.1) is 0 Å². The van der Waals surface area contributed by atoms with Crippen molar-refractivity contribution < 1.29 is 27.4 Å². The van der Waals surface area contributed by atoms with Crippen LogP contribution in [0.25, 0.3) is 0 Å². The predicted molar refractivity (Wildman–Crippen MR) is 120 cm³/mol. The van der Waals surface area contributed by atoms with Crippen molar-refractivity contribution in [2.24, 2.45) is 4.99 Å². The van der Waals surface area contributed by atoms with Gasteiger partial charge < -0.3 is 19.5 Å². The molecule has 2 aromatic carbocycles. The number of amidine groups is 1. The number of nitrogens with zero attached hydrogens (tertiary/aromatic N) is 1. The van der Waals surface area contributed by atoms with Gasteiger partial charge in [-0.25, -0.2) is 13.2 Å². The number of ether oxygens (including phenoxy) is 3. The van der Waals surface area contributed by atoms with E-state index in [-0.39, 0.29) is 0 Å². The number of halogens is 3. The van der Waals surface area contributed by atoms with Crippen molar-refractivity contribution in [1.82, 2.24) is 5.32 Å². The third-order valence-electron chi connectivity index (χ3n) is 5.22. The molecule has 0 amide bonds. The Hall–Kier alpha value is -2.74. The predicted octanol–water partition coefficient (Wildman–Crippen LogP) is 5.40. The summed E-state index contributed by atoms with van der Waals surface area (Å²) in [6.07, 6.45) is -0.478. The van der Waals surface area contributed by atoms with E-state index in [9.17, 15) is 13.2 Å². The molecule has 0 aliphatic carbocycles. The van der Waals surface area contributed by atoms with Crippen LogP contribution in [-0.2, 0) is 10.7 Å². The van der Waals surface area contributed by atoms with E-state index < -0.39 is 29.8 Å². The largest absolute Gasteiger partial charge is 0.493 e. The van der Waals surface area contributed by atoms with Crippen molar-refractivity contribution in [3.63, 3.8) is 0 Å². The van der Waals surface area contributed by atoms with Gasteiger partial charge in [0, 0.05) is 32.2 Å². The summed E-state index contributed by atoms with van der Waals surface area (Å²) in [7, 11) is 4.78. The van der Waals surface area contributed by atoms with E-state index in [1.54, 1.807) is 28.2 Å². The third kappa shape index (κ3) is 5.94. The fourth-order valence-corrected chi connectivity index (χ4v) is 3.26. The van der Waals surface area contributed by atoms with Crippen LogP contribution >= 0.6 is 0 Å². The van der Waals surface area contributed by atoms with Crippen LogP contribution in [0.15, 0.2) is 35.3 Å². The number of methoxy groups -OCH3 is 2. The highest BCUT2D eigenvalue weighted by Gasteiger charge is 2.32. The molecule has 0 spiro atoms. The number of hydrogen-bond acceptors (Lipinski definition) is 4. The molecule has 0 fully saturated rings. The summed E-state index contributed by atoms with van der Waals surface area (Å²) in [6.45, 7) is 5.81. The van der Waals surface area contributed by atoms with Gasteiger partial charge in [-0.1, -0.05) is 13.0 Å². The minimum atomic E-state index is -3.23. The monoisotopic (exact) mass is 452 g/mol. The Morgan fingerprint density at radius 2 is 1.84 bits per heavy atom. The van der Waals surface area contributed by atoms with Crippen LogP contribution in [0.3, 0.4) is 0 Å². The standard InChI is InChI=1S/C24H31F3N2O3/c1-7-24(26,27)19-13-17(8-9-20(19)25)16(3)29-23(28-4)18-14-22(32-11-10-30-5)21(31-6)12-15(18)2/h8-9,12-14,16H,7,10-11H2,1-6H3,(H,28,29)/t16-/m1/s1. The van der Waals surface area contributed by atoms with Crippen LogP contribution in [0.5, 0.6) is 11.5 Å². The molecule has 8 heteroatoms. The zero-order valence-electron chi connectivity index (χ0n) is 19.4. The summed E-state index contributed by atoms with van der Waals surface area (Å²) in [5, 5.41) is 3.25. The van der Waals surface area contributed by atoms with Crippen molar-refractivity contribution in [3.05, 3.63) is 58.4 Å². The van der Waals surface area contributed by atoms with Crippen molar-refractivity contribution in [2.45, 2.75) is 39.2 Å². The van der Waals surface area contributed by atoms with Gasteiger partial charge in [-0.05, 0) is 49.2 Å². The van der Waals surface area contributed by atoms with Gasteiger partial charge in [0.15, 0.2) is 11.5 Å². The molecule has 2 aromatic rings. The second-order valence-corrected chi connectivity index (χ2v) is 7.39. The summed E-state index contributed by atoms with van der Waals surface area (Å²) in [4.78, 5) is 4.34. The Kier molecular flexibility index (Phi) is 8.95. The first kappa shape index (κ1) is 25.5. The topological polar surface area (TPSA) is 52.1 Å². The molecule has 32 heavy (non-hydrogen) atoms. The Balaban J connectivity index is 2.34. The van der Waals surface area contributed by atoms with Gasteiger partial charge >= 0.3 is 0 Å². The highest BCUT2D eigenvalue weighted by molar-refractivity contribution is 6.00. The number of aryl methyl sites for hydroxylation is 1. The average molecular weight is 453 g/mol. The molecule has 176 valence electrons. The van der Waals surface area contributed by atoms with Gasteiger partial charge in [0.1, 0.15) is 18.3 Å². The molecule has 0 saturated heterocycles. The van der Waals surface area contributed by atoms with E-state index in [1.165, 1.54) is 19.1 Å². The Morgan fingerprint density at radius 1 is 1.12 bits per heavy atom. The Morgan fingerprint density at radius 3 is 2.44 bits per heavy atom. The van der Waals surface area contributed by atoms with E-state index in [0.29, 0.717) is 36.1 Å². The fraction of sp³-hybridized carbons (Fsp3) is 0.458. The minimum Gasteiger partial charge on any atom is -0.493 e. The van der Waals surface area contributed by atoms with Crippen LogP contribution in [0.2, 0.25) is 0 Å². The second kappa shape index (κ2) is 11.2. The summed E-state index contributed by atoms with van der Waals surface area (Å²) in [5.41, 5.74) is 1.58. The van der Waals surface area contributed by atoms with Crippen LogP contribution in [0, 0.1) is 12.7 Å². The molecule has 1 atom stereocenters. The minimum absolute atomic E-state index is 0.349. The zero-order valence-corrected chi connectivity index (χ0v) is 19.4. The van der Waals surface area contributed by atoms with E-state index in [0.717, 1.165) is 17.2 Å². The highest BCUT2D eigenvalue weighted by Crippen LogP contribution is 2.35. The Bertz CT molecular complexity index is 948. The van der Waals surface area contributed by atoms with Crippen molar-refractivity contribution in [3.8, 4) is 11.5 Å². The average Bonchev–Trinajstić information content (AvgIpc) is 2.78. The van der Waals surface area contributed by atoms with Crippen LogP contribution in [0.4, 0.5) is 13.2 Å². The van der Waals surface area contributed by atoms with E-state index in [2.05, 4.69) is 10.3 Å². The summed E-state index contributed by atoms with van der Waals surface area (Å²) in [5.74, 6) is -2.49. The number of rotatable bonds is 10. The lowest BCUT2D eigenvalue weighted by Gasteiger charge is -2.22. The molecular formula is C24H31F3N2O3. The van der Waals surface area contributed by atoms with E-state index in [4.69, 9.17) is 14.2 Å². The first-order valence-corrected chi connectivity index (χ1v) is 10.4. The lowest BCUT2D eigenvalue weighted by atomic mass is 9.99. The molecular weight excluding hydrogens is 421 g/mol. The summed E-state index contributed by atoms with van der Waals surface area (Å²) >= 11 is 0. The second-order valence-electron chi connectivity index (χ2n) is 7.39. The molecule has 2 rings (SSSR count). The van der Waals surface area contributed by atoms with Crippen LogP contribution in [0.1, 0.15) is 48.6 Å². The lowest BCUT2D eigenvalue weighted by Crippen LogP contribution is -2.29. The number of aliphatic imine (C=N–C) groups is 1. The van der Waals surface area contributed by atoms with Crippen LogP contribution < -0.4 is 14.8 Å². The highest BCUT2D eigenvalue weighted by atomic mass is 19.3. The molecule has 1 N–H and O–H groups in total. The quantitative estimate of drug-likeness (QED) is 0.298. The molecule has 0 saturated carbocycles. The van der Waals surface area contributed by atoms with Gasteiger partial charge in [0.2, 0.25) is 0 Å². The first-order valence-electron chi connectivity index (χ1n) is 10.4.